The van der Waals surface area contributed by atoms with Gasteiger partial charge in [0.05, 0.1) is 4.58 Å². The normalized spacial score (nSPS) is 20.1. The lowest BCUT2D eigenvalue weighted by Gasteiger charge is -2.31. The van der Waals surface area contributed by atoms with Crippen LogP contribution in [0.4, 0.5) is 0 Å². The molecule has 2 aliphatic heterocycles. The summed E-state index contributed by atoms with van der Waals surface area (Å²) in [7, 11) is 0. The van der Waals surface area contributed by atoms with Crippen LogP contribution in [-0.2, 0) is 4.79 Å². The average molecular weight is 366 g/mol. The van der Waals surface area contributed by atoms with E-state index in [9.17, 15) is 9.59 Å². The summed E-state index contributed by atoms with van der Waals surface area (Å²) in [6, 6.07) is 8.05. The first kappa shape index (κ1) is 17.7. The van der Waals surface area contributed by atoms with Crippen LogP contribution in [0.1, 0.15) is 46.2 Å². The summed E-state index contributed by atoms with van der Waals surface area (Å²) in [4.78, 5) is 25.3. The van der Waals surface area contributed by atoms with Crippen LogP contribution in [0.3, 0.4) is 0 Å². The van der Waals surface area contributed by atoms with Gasteiger partial charge in [0.15, 0.2) is 0 Å². The van der Waals surface area contributed by atoms with Crippen LogP contribution in [-0.4, -0.2) is 46.5 Å². The number of rotatable bonds is 4. The van der Waals surface area contributed by atoms with Gasteiger partial charge in [0.2, 0.25) is 0 Å². The smallest absolute Gasteiger partial charge is 0.303 e. The highest BCUT2D eigenvalue weighted by Gasteiger charge is 2.25. The minimum absolute atomic E-state index is 0.0688. The second kappa shape index (κ2) is 8.30. The van der Waals surface area contributed by atoms with Gasteiger partial charge < -0.3 is 10.0 Å². The van der Waals surface area contributed by atoms with Gasteiger partial charge in [-0.3, -0.25) is 9.59 Å². The van der Waals surface area contributed by atoms with Crippen molar-refractivity contribution in [3.63, 3.8) is 0 Å². The summed E-state index contributed by atoms with van der Waals surface area (Å²) in [5.41, 5.74) is 2.03. The summed E-state index contributed by atoms with van der Waals surface area (Å²) in [5, 5.41) is 8.87. The molecule has 2 fully saturated rings. The van der Waals surface area contributed by atoms with Gasteiger partial charge in [-0.25, -0.2) is 0 Å². The van der Waals surface area contributed by atoms with Gasteiger partial charge >= 0.3 is 5.97 Å². The van der Waals surface area contributed by atoms with E-state index in [1.165, 1.54) is 23.5 Å². The molecule has 2 heterocycles. The number of carboxylic acid groups (broad SMARTS) is 1. The van der Waals surface area contributed by atoms with Crippen LogP contribution in [0.25, 0.3) is 0 Å². The van der Waals surface area contributed by atoms with E-state index in [1.807, 2.05) is 40.6 Å². The van der Waals surface area contributed by atoms with Crippen molar-refractivity contribution in [3.8, 4) is 0 Å². The molecule has 0 radical (unpaired) electrons. The summed E-state index contributed by atoms with van der Waals surface area (Å²) < 4.78 is 0.495. The first-order valence-electron chi connectivity index (χ1n) is 8.48. The third-order valence-electron chi connectivity index (χ3n) is 4.62. The highest BCUT2D eigenvalue weighted by atomic mass is 32.2. The molecule has 2 aliphatic rings. The Hall–Kier alpha value is -1.14. The van der Waals surface area contributed by atoms with Crippen molar-refractivity contribution in [2.75, 3.05) is 24.6 Å². The van der Waals surface area contributed by atoms with Crippen molar-refractivity contribution in [2.24, 2.45) is 5.92 Å². The van der Waals surface area contributed by atoms with Gasteiger partial charge in [0.1, 0.15) is 0 Å². The summed E-state index contributed by atoms with van der Waals surface area (Å²) in [5.74, 6) is 1.95. The zero-order chi connectivity index (χ0) is 16.9. The van der Waals surface area contributed by atoms with E-state index in [1.54, 1.807) is 0 Å². The van der Waals surface area contributed by atoms with Crippen LogP contribution in [0.5, 0.6) is 0 Å². The Labute approximate surface area is 151 Å². The number of nitrogens with zero attached hydrogens (tertiary/aromatic N) is 1. The van der Waals surface area contributed by atoms with E-state index in [2.05, 4.69) is 12.1 Å². The van der Waals surface area contributed by atoms with E-state index in [4.69, 9.17) is 5.11 Å². The highest BCUT2D eigenvalue weighted by Crippen LogP contribution is 2.43. The molecule has 1 N–H and O–H groups in total. The lowest BCUT2D eigenvalue weighted by atomic mass is 9.93. The van der Waals surface area contributed by atoms with Crippen LogP contribution in [0.2, 0.25) is 0 Å². The molecule has 4 nitrogen and oxygen atoms in total. The Kier molecular flexibility index (Phi) is 6.11. The second-order valence-electron chi connectivity index (χ2n) is 6.38. The van der Waals surface area contributed by atoms with E-state index >= 15 is 0 Å². The molecule has 130 valence electrons. The summed E-state index contributed by atoms with van der Waals surface area (Å²) >= 11 is 3.97. The molecular formula is C18H23NO3S2. The topological polar surface area (TPSA) is 57.6 Å². The Morgan fingerprint density at radius 2 is 1.71 bits per heavy atom. The number of amides is 1. The molecule has 6 heteroatoms. The molecule has 0 aliphatic carbocycles. The molecule has 0 spiro atoms. The minimum Gasteiger partial charge on any atom is -0.481 e. The first-order valence-corrected chi connectivity index (χ1v) is 10.6. The first-order chi connectivity index (χ1) is 11.6. The second-order valence-corrected chi connectivity index (χ2v) is 9.11. The van der Waals surface area contributed by atoms with Crippen LogP contribution in [0.15, 0.2) is 24.3 Å². The predicted molar refractivity (Wildman–Crippen MR) is 99.6 cm³/mol. The zero-order valence-electron chi connectivity index (χ0n) is 13.6. The van der Waals surface area contributed by atoms with E-state index in [-0.39, 0.29) is 18.2 Å². The number of carbonyl (C=O) groups excluding carboxylic acids is 1. The van der Waals surface area contributed by atoms with Gasteiger partial charge in [-0.1, -0.05) is 12.1 Å². The average Bonchev–Trinajstić information content (AvgIpc) is 2.62. The van der Waals surface area contributed by atoms with Gasteiger partial charge in [-0.15, -0.1) is 23.5 Å². The third kappa shape index (κ3) is 4.48. The molecule has 0 unspecified atom stereocenters. The molecule has 0 aromatic heterocycles. The molecule has 2 saturated heterocycles. The number of hydrogen-bond acceptors (Lipinski definition) is 4. The number of carbonyl (C=O) groups is 2. The number of aliphatic carboxylic acids is 1. The Morgan fingerprint density at radius 3 is 2.29 bits per heavy atom. The Morgan fingerprint density at radius 1 is 1.08 bits per heavy atom. The molecule has 0 bridgehead atoms. The molecule has 1 aromatic carbocycles. The molecule has 3 rings (SSSR count). The van der Waals surface area contributed by atoms with Crippen molar-refractivity contribution in [1.82, 2.24) is 4.90 Å². The monoisotopic (exact) mass is 365 g/mol. The number of piperidine rings is 1. The Balaban J connectivity index is 1.56. The fourth-order valence-corrected chi connectivity index (χ4v) is 6.13. The fourth-order valence-electron chi connectivity index (χ4n) is 3.23. The van der Waals surface area contributed by atoms with E-state index < -0.39 is 5.97 Å². The summed E-state index contributed by atoms with van der Waals surface area (Å²) in [6.45, 7) is 1.32. The molecular weight excluding hydrogens is 342 g/mol. The molecule has 1 aromatic rings. The summed E-state index contributed by atoms with van der Waals surface area (Å²) in [6.07, 6.45) is 3.06. The van der Waals surface area contributed by atoms with Gasteiger partial charge in [-0.2, -0.15) is 0 Å². The van der Waals surface area contributed by atoms with E-state index in [0.29, 0.717) is 17.7 Å². The maximum atomic E-state index is 12.6. The van der Waals surface area contributed by atoms with Gasteiger partial charge in [0, 0.05) is 25.1 Å². The minimum atomic E-state index is -0.742. The fraction of sp³-hybridized carbons (Fsp3) is 0.556. The number of hydrogen-bond donors (Lipinski definition) is 1. The maximum absolute atomic E-state index is 12.6. The Bertz CT molecular complexity index is 576. The van der Waals surface area contributed by atoms with Gasteiger partial charge in [-0.05, 0) is 54.4 Å². The molecule has 1 amide bonds. The molecule has 0 saturated carbocycles. The SMILES string of the molecule is O=C(O)CC1CCN(C(=O)c2ccc(C3SCCCS3)cc2)CC1. The molecule has 0 atom stereocenters. The van der Waals surface area contributed by atoms with Gasteiger partial charge in [0.25, 0.3) is 5.91 Å². The van der Waals surface area contributed by atoms with Crippen molar-refractivity contribution in [1.29, 1.82) is 0 Å². The lowest BCUT2D eigenvalue weighted by Crippen LogP contribution is -2.38. The number of likely N-dealkylation sites (tertiary alicyclic amines) is 1. The largest absolute Gasteiger partial charge is 0.481 e. The lowest BCUT2D eigenvalue weighted by molar-refractivity contribution is -0.138. The van der Waals surface area contributed by atoms with Crippen molar-refractivity contribution < 1.29 is 14.7 Å². The number of thioether (sulfide) groups is 2. The third-order valence-corrected chi connectivity index (χ3v) is 7.64. The zero-order valence-corrected chi connectivity index (χ0v) is 15.3. The van der Waals surface area contributed by atoms with E-state index in [0.717, 1.165) is 18.4 Å². The van der Waals surface area contributed by atoms with Crippen molar-refractivity contribution in [3.05, 3.63) is 35.4 Å². The quantitative estimate of drug-likeness (QED) is 0.877. The number of benzene rings is 1. The number of carboxylic acids is 1. The van der Waals surface area contributed by atoms with Crippen molar-refractivity contribution in [2.45, 2.75) is 30.3 Å². The van der Waals surface area contributed by atoms with Crippen LogP contribution in [0, 0.1) is 5.92 Å². The van der Waals surface area contributed by atoms with Crippen LogP contribution >= 0.6 is 23.5 Å². The highest BCUT2D eigenvalue weighted by molar-refractivity contribution is 8.16. The van der Waals surface area contributed by atoms with Crippen LogP contribution < -0.4 is 0 Å². The predicted octanol–water partition coefficient (Wildman–Crippen LogP) is 3.88. The standard InChI is InChI=1S/C18H23NO3S2/c20-16(21)12-13-6-8-19(9-7-13)17(22)14-2-4-15(5-3-14)18-23-10-1-11-24-18/h2-5,13,18H,1,6-12H2,(H,20,21). The van der Waals surface area contributed by atoms with Crippen molar-refractivity contribution >= 4 is 35.4 Å². The molecule has 24 heavy (non-hydrogen) atoms. The maximum Gasteiger partial charge on any atom is 0.303 e.